The van der Waals surface area contributed by atoms with Crippen LogP contribution in [0.25, 0.3) is 38.6 Å². The summed E-state index contributed by atoms with van der Waals surface area (Å²) in [6, 6.07) is 26.0. The van der Waals surface area contributed by atoms with E-state index in [4.69, 9.17) is 4.98 Å². The Hall–Kier alpha value is -2.48. The quantitative estimate of drug-likeness (QED) is 0.135. The van der Waals surface area contributed by atoms with Gasteiger partial charge >= 0.3 is 0 Å². The molecule has 5 aromatic rings. The summed E-state index contributed by atoms with van der Waals surface area (Å²) >= 11 is 0. The van der Waals surface area contributed by atoms with Crippen molar-refractivity contribution >= 4 is 27.3 Å². The van der Waals surface area contributed by atoms with Gasteiger partial charge < -0.3 is 4.40 Å². The Morgan fingerprint density at radius 3 is 1.93 bits per heavy atom. The first kappa shape index (κ1) is 27.7. The van der Waals surface area contributed by atoms with Gasteiger partial charge in [0.05, 0.1) is 11.3 Å². The Morgan fingerprint density at radius 1 is 0.725 bits per heavy atom. The third-order valence-electron chi connectivity index (χ3n) is 10.2. The normalized spacial score (nSPS) is 19.7. The van der Waals surface area contributed by atoms with Crippen molar-refractivity contribution in [3.8, 4) is 11.3 Å². The maximum atomic E-state index is 5.12. The minimum absolute atomic E-state index is 0. The number of hydrogen-bond donors (Lipinski definition) is 0. The molecule has 209 valence electrons. The van der Waals surface area contributed by atoms with Crippen molar-refractivity contribution in [1.29, 1.82) is 0 Å². The molecule has 2 heterocycles. The fourth-order valence-corrected chi connectivity index (χ4v) is 7.68. The fraction of sp³-hybridized carbons (Fsp3) is 0.432. The topological polar surface area (TPSA) is 17.3 Å². The van der Waals surface area contributed by atoms with Crippen LogP contribution >= 0.6 is 0 Å². The number of para-hydroxylation sites is 1. The largest absolute Gasteiger partial charge is 0.333 e. The number of imidazole rings is 1. The molecule has 0 aliphatic heterocycles. The van der Waals surface area contributed by atoms with E-state index in [0.717, 1.165) is 11.0 Å². The predicted molar refractivity (Wildman–Crippen MR) is 164 cm³/mol. The Labute approximate surface area is 252 Å². The van der Waals surface area contributed by atoms with Gasteiger partial charge in [-0.3, -0.25) is 4.98 Å². The van der Waals surface area contributed by atoms with Crippen molar-refractivity contribution in [2.24, 2.45) is 10.8 Å². The van der Waals surface area contributed by atoms with E-state index >= 15 is 0 Å². The molecular weight excluding hydrogens is 665 g/mol. The first-order valence-electron chi connectivity index (χ1n) is 15.1. The number of rotatable bonds is 3. The molecule has 3 aromatic carbocycles. The molecule has 3 heteroatoms. The number of hydrogen-bond acceptors (Lipinski definition) is 1. The van der Waals surface area contributed by atoms with Gasteiger partial charge in [-0.1, -0.05) is 69.5 Å². The zero-order chi connectivity index (χ0) is 26.8. The van der Waals surface area contributed by atoms with Crippen LogP contribution < -0.4 is 0 Å². The molecule has 0 saturated heterocycles. The molecule has 2 aliphatic carbocycles. The van der Waals surface area contributed by atoms with Crippen LogP contribution in [0, 0.1) is 16.9 Å². The average molecular weight is 706 g/mol. The van der Waals surface area contributed by atoms with Crippen LogP contribution in [0.4, 0.5) is 0 Å². The molecule has 2 fully saturated rings. The Kier molecular flexibility index (Phi) is 7.20. The number of aromatic nitrogens is 2. The number of pyridine rings is 1. The zero-order valence-electron chi connectivity index (χ0n) is 24.4. The van der Waals surface area contributed by atoms with Crippen LogP contribution in [-0.2, 0) is 20.1 Å². The molecule has 40 heavy (non-hydrogen) atoms. The Morgan fingerprint density at radius 2 is 1.30 bits per heavy atom. The molecule has 2 aliphatic rings. The maximum absolute atomic E-state index is 5.12. The van der Waals surface area contributed by atoms with Gasteiger partial charge in [-0.05, 0) is 96.6 Å². The van der Waals surface area contributed by atoms with Crippen molar-refractivity contribution in [3.63, 3.8) is 0 Å². The maximum Gasteiger partial charge on any atom is 0.0639 e. The molecule has 2 nitrogen and oxygen atoms in total. The first-order chi connectivity index (χ1) is 18.8. The van der Waals surface area contributed by atoms with E-state index in [1.165, 1.54) is 78.9 Å². The van der Waals surface area contributed by atoms with E-state index in [1.807, 2.05) is 6.07 Å². The Balaban J connectivity index is 0.00000289. The summed E-state index contributed by atoms with van der Waals surface area (Å²) < 4.78 is 2.45. The van der Waals surface area contributed by atoms with Crippen molar-refractivity contribution in [2.75, 3.05) is 0 Å². The van der Waals surface area contributed by atoms with Crippen molar-refractivity contribution in [2.45, 2.75) is 90.9 Å². The second-order valence-corrected chi connectivity index (χ2v) is 14.0. The molecule has 0 spiro atoms. The van der Waals surface area contributed by atoms with Gasteiger partial charge in [-0.2, -0.15) is 0 Å². The molecular formula is C37H41IrN2-. The van der Waals surface area contributed by atoms with Crippen LogP contribution in [0.3, 0.4) is 0 Å². The molecule has 2 saturated carbocycles. The fourth-order valence-electron chi connectivity index (χ4n) is 7.68. The van der Waals surface area contributed by atoms with Crippen LogP contribution in [0.15, 0.2) is 66.9 Å². The monoisotopic (exact) mass is 706 g/mol. The van der Waals surface area contributed by atoms with Crippen LogP contribution in [0.2, 0.25) is 0 Å². The summed E-state index contributed by atoms with van der Waals surface area (Å²) in [6.45, 7) is 9.79. The summed E-state index contributed by atoms with van der Waals surface area (Å²) in [6.07, 6.45) is 12.5. The van der Waals surface area contributed by atoms with Gasteiger partial charge in [0.2, 0.25) is 0 Å². The van der Waals surface area contributed by atoms with Crippen LogP contribution in [0.1, 0.15) is 102 Å². The third-order valence-corrected chi connectivity index (χ3v) is 10.2. The van der Waals surface area contributed by atoms with E-state index in [0.29, 0.717) is 22.7 Å². The van der Waals surface area contributed by atoms with Gasteiger partial charge in [0, 0.05) is 37.4 Å². The van der Waals surface area contributed by atoms with E-state index in [1.54, 1.807) is 11.1 Å². The van der Waals surface area contributed by atoms with E-state index in [-0.39, 0.29) is 20.1 Å². The summed E-state index contributed by atoms with van der Waals surface area (Å²) in [5.74, 6) is 1.22. The summed E-state index contributed by atoms with van der Waals surface area (Å²) in [7, 11) is 0. The van der Waals surface area contributed by atoms with Gasteiger partial charge in [-0.15, -0.1) is 29.7 Å². The van der Waals surface area contributed by atoms with Gasteiger partial charge in [-0.25, -0.2) is 0 Å². The molecule has 0 bridgehead atoms. The second-order valence-electron chi connectivity index (χ2n) is 14.0. The van der Waals surface area contributed by atoms with Crippen molar-refractivity contribution in [3.05, 3.63) is 84.1 Å². The Bertz CT molecular complexity index is 1630. The SMILES string of the molecule is CC1(C)CCC(c2cccc(C3CCC(C)(C)CC3)c2-c2cnc3c4[c-]cccc4c4ccccc4n23)CC1.[Ir]. The van der Waals surface area contributed by atoms with Gasteiger partial charge in [0.15, 0.2) is 0 Å². The molecule has 7 rings (SSSR count). The minimum Gasteiger partial charge on any atom is -0.333 e. The molecule has 0 amide bonds. The number of fused-ring (bicyclic) bond motifs is 6. The summed E-state index contributed by atoms with van der Waals surface area (Å²) in [5, 5.41) is 3.62. The van der Waals surface area contributed by atoms with Gasteiger partial charge in [0.25, 0.3) is 0 Å². The first-order valence-corrected chi connectivity index (χ1v) is 15.1. The van der Waals surface area contributed by atoms with E-state index in [9.17, 15) is 0 Å². The van der Waals surface area contributed by atoms with Crippen molar-refractivity contribution < 1.29 is 20.1 Å². The van der Waals surface area contributed by atoms with Crippen LogP contribution in [0.5, 0.6) is 0 Å². The van der Waals surface area contributed by atoms with E-state index in [2.05, 4.69) is 99.0 Å². The summed E-state index contributed by atoms with van der Waals surface area (Å²) in [5.41, 5.74) is 9.01. The average Bonchev–Trinajstić information content (AvgIpc) is 3.38. The standard InChI is InChI=1S/C37H41N2.Ir/c1-36(2)20-16-25(17-21-36)27-13-9-14-28(26-18-22-37(3,4)23-19-26)34(27)33-24-38-35-31-12-6-5-10-29(31)30-11-7-8-15-32(30)39(33)35;/h5-11,13-15,24-26H,16-23H2,1-4H3;/q-1;. The molecule has 2 aromatic heterocycles. The second kappa shape index (κ2) is 10.4. The third kappa shape index (κ3) is 4.74. The number of benzene rings is 3. The summed E-state index contributed by atoms with van der Waals surface area (Å²) in [4.78, 5) is 5.12. The minimum atomic E-state index is 0. The predicted octanol–water partition coefficient (Wildman–Crippen LogP) is 10.5. The molecule has 0 atom stereocenters. The smallest absolute Gasteiger partial charge is 0.0639 e. The molecule has 1 radical (unpaired) electrons. The number of nitrogens with zero attached hydrogens (tertiary/aromatic N) is 2. The van der Waals surface area contributed by atoms with Crippen molar-refractivity contribution in [1.82, 2.24) is 9.38 Å². The van der Waals surface area contributed by atoms with E-state index < -0.39 is 0 Å². The van der Waals surface area contributed by atoms with Gasteiger partial charge in [0.1, 0.15) is 0 Å². The zero-order valence-corrected chi connectivity index (χ0v) is 26.8. The van der Waals surface area contributed by atoms with Crippen LogP contribution in [-0.4, -0.2) is 9.38 Å². The molecule has 0 unspecified atom stereocenters. The molecule has 0 N–H and O–H groups in total.